The molecule has 0 radical (unpaired) electrons. The van der Waals surface area contributed by atoms with Crippen LogP contribution in [0.4, 0.5) is 17.1 Å². The van der Waals surface area contributed by atoms with Crippen LogP contribution < -0.4 is 35.5 Å². The van der Waals surface area contributed by atoms with E-state index in [4.69, 9.17) is 14.2 Å². The average Bonchev–Trinajstić information content (AvgIpc) is 3.46. The van der Waals surface area contributed by atoms with Gasteiger partial charge in [0.05, 0.1) is 28.1 Å². The SMILES string of the molecule is CC(C)(C)c1ccc2c(c1)Oc1cc(C(C)(C)C)c3c4c1N2c1ccc(C(C)(C)C)c2c1B4c1c(cc(-n4c5ccccc5c5ccccc54)cc1O3)O2. The third-order valence-corrected chi connectivity index (χ3v) is 12.0. The lowest BCUT2D eigenvalue weighted by Crippen LogP contribution is -2.62. The smallest absolute Gasteiger partial charge is 0.266 e. The van der Waals surface area contributed by atoms with Crippen LogP contribution in [0.25, 0.3) is 27.5 Å². The molecule has 0 fully saturated rings. The van der Waals surface area contributed by atoms with Gasteiger partial charge in [0.25, 0.3) is 6.71 Å². The van der Waals surface area contributed by atoms with Crippen molar-refractivity contribution in [2.45, 2.75) is 78.6 Å². The van der Waals surface area contributed by atoms with Crippen LogP contribution in [0, 0.1) is 0 Å². The zero-order valence-electron chi connectivity index (χ0n) is 32.4. The van der Waals surface area contributed by atoms with E-state index in [0.717, 1.165) is 84.8 Å². The van der Waals surface area contributed by atoms with E-state index in [1.807, 2.05) is 0 Å². The van der Waals surface area contributed by atoms with Gasteiger partial charge in [0.2, 0.25) is 0 Å². The molecule has 11 rings (SSSR count). The van der Waals surface area contributed by atoms with Crippen molar-refractivity contribution in [3.63, 3.8) is 0 Å². The van der Waals surface area contributed by atoms with Crippen molar-refractivity contribution in [3.05, 3.63) is 114 Å². The van der Waals surface area contributed by atoms with Crippen LogP contribution in [0.2, 0.25) is 0 Å². The highest BCUT2D eigenvalue weighted by molar-refractivity contribution is 7.00. The van der Waals surface area contributed by atoms with Gasteiger partial charge >= 0.3 is 0 Å². The molecule has 0 bridgehead atoms. The third kappa shape index (κ3) is 4.11. The highest BCUT2D eigenvalue weighted by Gasteiger charge is 2.52. The monoisotopic (exact) mass is 706 g/mol. The van der Waals surface area contributed by atoms with Crippen molar-refractivity contribution in [1.29, 1.82) is 0 Å². The molecule has 0 amide bonds. The Hall–Kier alpha value is -5.62. The number of hydrogen-bond acceptors (Lipinski definition) is 4. The molecule has 7 aromatic rings. The Bertz CT molecular complexity index is 2760. The number of para-hydroxylation sites is 2. The van der Waals surface area contributed by atoms with E-state index < -0.39 is 0 Å². The van der Waals surface area contributed by atoms with Gasteiger partial charge in [-0.2, -0.15) is 0 Å². The molecule has 5 heterocycles. The molecule has 6 heteroatoms. The standard InChI is InChI=1S/C48H43BN2O3/c1-46(2,3)26-18-20-34-36(22-26)52-39-25-31(48(7,8)9)45-42-43(39)51(34)35-21-19-30(47(4,5)6)44-40(35)49(42)41-37(53-44)23-27(24-38(41)54-45)50-32-16-12-10-14-28(32)29-15-11-13-17-33(29)50/h10-25H,1-9H3. The number of benzene rings is 6. The van der Waals surface area contributed by atoms with Crippen LogP contribution in [0.3, 0.4) is 0 Å². The van der Waals surface area contributed by atoms with E-state index in [1.54, 1.807) is 0 Å². The summed E-state index contributed by atoms with van der Waals surface area (Å²) in [6.07, 6.45) is 0. The number of nitrogens with zero attached hydrogens (tertiary/aromatic N) is 2. The topological polar surface area (TPSA) is 35.9 Å². The van der Waals surface area contributed by atoms with Crippen LogP contribution in [0.15, 0.2) is 97.1 Å². The lowest BCUT2D eigenvalue weighted by Gasteiger charge is -2.47. The fourth-order valence-corrected chi connectivity index (χ4v) is 9.42. The Balaban J connectivity index is 1.24. The Morgan fingerprint density at radius 3 is 1.69 bits per heavy atom. The highest BCUT2D eigenvalue weighted by Crippen LogP contribution is 2.58. The Morgan fingerprint density at radius 2 is 1.07 bits per heavy atom. The molecule has 54 heavy (non-hydrogen) atoms. The predicted molar refractivity (Wildman–Crippen MR) is 223 cm³/mol. The molecule has 4 aliphatic rings. The molecular formula is C48H43BN2O3. The second-order valence-electron chi connectivity index (χ2n) is 18.6. The number of aromatic nitrogens is 1. The number of rotatable bonds is 1. The first kappa shape index (κ1) is 31.9. The number of hydrogen-bond donors (Lipinski definition) is 0. The summed E-state index contributed by atoms with van der Waals surface area (Å²) in [7, 11) is 0. The minimum absolute atomic E-state index is 0.0223. The molecule has 0 aliphatic carbocycles. The first-order valence-corrected chi connectivity index (χ1v) is 19.2. The van der Waals surface area contributed by atoms with Crippen molar-refractivity contribution in [1.82, 2.24) is 4.57 Å². The summed E-state index contributed by atoms with van der Waals surface area (Å²) in [6, 6.07) is 35.3. The maximum atomic E-state index is 7.32. The molecule has 266 valence electrons. The summed E-state index contributed by atoms with van der Waals surface area (Å²) in [4.78, 5) is 2.42. The molecule has 1 aromatic heterocycles. The van der Waals surface area contributed by atoms with Gasteiger partial charge in [-0.05, 0) is 69.2 Å². The Labute approximate surface area is 317 Å². The summed E-state index contributed by atoms with van der Waals surface area (Å²) in [6.45, 7) is 20.3. The summed E-state index contributed by atoms with van der Waals surface area (Å²) < 4.78 is 24.0. The third-order valence-electron chi connectivity index (χ3n) is 12.0. The zero-order chi connectivity index (χ0) is 37.2. The van der Waals surface area contributed by atoms with Crippen molar-refractivity contribution < 1.29 is 14.2 Å². The van der Waals surface area contributed by atoms with Gasteiger partial charge in [-0.25, -0.2) is 0 Å². The molecule has 4 aliphatic heterocycles. The predicted octanol–water partition coefficient (Wildman–Crippen LogP) is 11.3. The second-order valence-corrected chi connectivity index (χ2v) is 18.6. The van der Waals surface area contributed by atoms with E-state index in [-0.39, 0.29) is 23.0 Å². The average molecular weight is 707 g/mol. The van der Waals surface area contributed by atoms with Crippen LogP contribution in [0.5, 0.6) is 34.5 Å². The summed E-state index contributed by atoms with van der Waals surface area (Å²) >= 11 is 0. The fraction of sp³-hybridized carbons (Fsp3) is 0.250. The Morgan fingerprint density at radius 1 is 0.481 bits per heavy atom. The maximum Gasteiger partial charge on any atom is 0.266 e. The molecule has 0 spiro atoms. The summed E-state index contributed by atoms with van der Waals surface area (Å²) in [5.41, 5.74) is 13.1. The summed E-state index contributed by atoms with van der Waals surface area (Å²) in [5, 5.41) is 2.45. The quantitative estimate of drug-likeness (QED) is 0.159. The normalized spacial score (nSPS) is 14.8. The highest BCUT2D eigenvalue weighted by atomic mass is 16.5. The van der Waals surface area contributed by atoms with E-state index in [1.165, 1.54) is 27.4 Å². The van der Waals surface area contributed by atoms with Crippen LogP contribution in [-0.4, -0.2) is 11.3 Å². The lowest BCUT2D eigenvalue weighted by molar-refractivity contribution is 0.434. The van der Waals surface area contributed by atoms with Gasteiger partial charge < -0.3 is 23.7 Å². The van der Waals surface area contributed by atoms with E-state index in [9.17, 15) is 0 Å². The molecule has 0 saturated heterocycles. The van der Waals surface area contributed by atoms with Crippen molar-refractivity contribution in [2.75, 3.05) is 4.90 Å². The van der Waals surface area contributed by atoms with E-state index >= 15 is 0 Å². The summed E-state index contributed by atoms with van der Waals surface area (Å²) in [5.74, 6) is 5.28. The minimum atomic E-state index is -0.227. The first-order chi connectivity index (χ1) is 25.7. The first-order valence-electron chi connectivity index (χ1n) is 19.2. The van der Waals surface area contributed by atoms with E-state index in [2.05, 4.69) is 169 Å². The molecule has 0 N–H and O–H groups in total. The van der Waals surface area contributed by atoms with Crippen LogP contribution >= 0.6 is 0 Å². The van der Waals surface area contributed by atoms with Gasteiger partial charge in [0.15, 0.2) is 11.5 Å². The van der Waals surface area contributed by atoms with Gasteiger partial charge in [0.1, 0.15) is 23.0 Å². The number of anilines is 3. The number of fused-ring (bicyclic) bond motifs is 6. The van der Waals surface area contributed by atoms with Crippen molar-refractivity contribution in [2.24, 2.45) is 0 Å². The fourth-order valence-electron chi connectivity index (χ4n) is 9.42. The second kappa shape index (κ2) is 10.1. The molecule has 5 nitrogen and oxygen atoms in total. The van der Waals surface area contributed by atoms with Crippen molar-refractivity contribution >= 4 is 62.0 Å². The molecular weight excluding hydrogens is 663 g/mol. The minimum Gasteiger partial charge on any atom is -0.458 e. The Kier molecular flexibility index (Phi) is 5.97. The molecule has 6 aromatic carbocycles. The maximum absolute atomic E-state index is 7.32. The lowest BCUT2D eigenvalue weighted by atomic mass is 9.32. The number of ether oxygens (including phenoxy) is 3. The largest absolute Gasteiger partial charge is 0.458 e. The molecule has 0 unspecified atom stereocenters. The van der Waals surface area contributed by atoms with E-state index in [0.29, 0.717) is 0 Å². The van der Waals surface area contributed by atoms with Crippen LogP contribution in [-0.2, 0) is 16.2 Å². The van der Waals surface area contributed by atoms with Gasteiger partial charge in [-0.15, -0.1) is 0 Å². The van der Waals surface area contributed by atoms with Gasteiger partial charge in [-0.3, -0.25) is 0 Å². The van der Waals surface area contributed by atoms with Crippen molar-refractivity contribution in [3.8, 4) is 40.2 Å². The van der Waals surface area contributed by atoms with Crippen LogP contribution in [0.1, 0.15) is 79.0 Å². The molecule has 0 atom stereocenters. The van der Waals surface area contributed by atoms with Gasteiger partial charge in [-0.1, -0.05) is 111 Å². The zero-order valence-corrected chi connectivity index (χ0v) is 32.4. The van der Waals surface area contributed by atoms with Gasteiger partial charge in [0, 0.05) is 45.1 Å². The molecule has 0 saturated carbocycles.